The zero-order valence-corrected chi connectivity index (χ0v) is 13.8. The van der Waals surface area contributed by atoms with Crippen LogP contribution in [0.25, 0.3) is 0 Å². The molecule has 0 saturated carbocycles. The number of halogens is 1. The minimum atomic E-state index is -3.79. The van der Waals surface area contributed by atoms with E-state index in [4.69, 9.17) is 9.47 Å². The summed E-state index contributed by atoms with van der Waals surface area (Å²) in [5.41, 5.74) is 0.490. The van der Waals surface area contributed by atoms with Crippen molar-refractivity contribution in [3.63, 3.8) is 0 Å². The van der Waals surface area contributed by atoms with Gasteiger partial charge in [0.25, 0.3) is 0 Å². The molecule has 0 aliphatic carbocycles. The van der Waals surface area contributed by atoms with Crippen LogP contribution in [0.2, 0.25) is 0 Å². The van der Waals surface area contributed by atoms with Gasteiger partial charge < -0.3 is 9.47 Å². The molecule has 3 rings (SSSR count). The van der Waals surface area contributed by atoms with Crippen molar-refractivity contribution < 1.29 is 22.3 Å². The van der Waals surface area contributed by atoms with Crippen LogP contribution in [0.5, 0.6) is 11.6 Å². The van der Waals surface area contributed by atoms with Gasteiger partial charge in [-0.15, -0.1) is 0 Å². The molecule has 1 aliphatic heterocycles. The first-order valence-corrected chi connectivity index (χ1v) is 9.01. The van der Waals surface area contributed by atoms with Crippen molar-refractivity contribution in [2.24, 2.45) is 0 Å². The number of pyridine rings is 1. The van der Waals surface area contributed by atoms with Gasteiger partial charge in [-0.05, 0) is 31.2 Å². The summed E-state index contributed by atoms with van der Waals surface area (Å²) in [4.78, 5) is 3.98. The topological polar surface area (TPSA) is 77.5 Å². The Labute approximate surface area is 139 Å². The van der Waals surface area contributed by atoms with Crippen molar-refractivity contribution in [3.05, 3.63) is 47.9 Å². The molecule has 24 heavy (non-hydrogen) atoms. The molecular formula is C16H17FN2O4S. The third-order valence-corrected chi connectivity index (χ3v) is 5.08. The fourth-order valence-corrected chi connectivity index (χ4v) is 3.70. The molecule has 0 bridgehead atoms. The lowest BCUT2D eigenvalue weighted by Gasteiger charge is -2.26. The summed E-state index contributed by atoms with van der Waals surface area (Å²) in [5, 5.41) is 0. The molecule has 1 aliphatic rings. The normalized spacial score (nSPS) is 17.0. The van der Waals surface area contributed by atoms with Crippen molar-refractivity contribution in [3.8, 4) is 11.6 Å². The Kier molecular flexibility index (Phi) is 4.68. The number of nitrogens with one attached hydrogen (secondary N) is 1. The molecule has 1 atom stereocenters. The Morgan fingerprint density at radius 1 is 1.38 bits per heavy atom. The summed E-state index contributed by atoms with van der Waals surface area (Å²) in [6, 6.07) is 6.44. The molecular weight excluding hydrogens is 335 g/mol. The van der Waals surface area contributed by atoms with Gasteiger partial charge in [0.1, 0.15) is 16.5 Å². The highest BCUT2D eigenvalue weighted by molar-refractivity contribution is 7.89. The Morgan fingerprint density at radius 2 is 2.21 bits per heavy atom. The smallest absolute Gasteiger partial charge is 0.242 e. The van der Waals surface area contributed by atoms with E-state index in [1.165, 1.54) is 36.5 Å². The summed E-state index contributed by atoms with van der Waals surface area (Å²) in [6.45, 7) is 2.62. The van der Waals surface area contributed by atoms with Gasteiger partial charge in [-0.3, -0.25) is 0 Å². The minimum Gasteiger partial charge on any atom is -0.493 e. The van der Waals surface area contributed by atoms with E-state index >= 15 is 0 Å². The number of rotatable bonds is 5. The van der Waals surface area contributed by atoms with Crippen molar-refractivity contribution in [2.45, 2.75) is 24.3 Å². The highest BCUT2D eigenvalue weighted by Gasteiger charge is 2.27. The molecule has 0 fully saturated rings. The number of benzene rings is 1. The SMILES string of the molecule is CCOc1ccc(S(=O)(=O)NC2CCOc3ccc(F)cc32)cn1. The van der Waals surface area contributed by atoms with E-state index in [1.807, 2.05) is 6.92 Å². The van der Waals surface area contributed by atoms with E-state index in [-0.39, 0.29) is 4.90 Å². The maximum absolute atomic E-state index is 13.5. The van der Waals surface area contributed by atoms with Crippen LogP contribution in [-0.4, -0.2) is 26.6 Å². The van der Waals surface area contributed by atoms with E-state index < -0.39 is 21.9 Å². The van der Waals surface area contributed by atoms with E-state index in [0.29, 0.717) is 36.8 Å². The van der Waals surface area contributed by atoms with Crippen LogP contribution in [-0.2, 0) is 10.0 Å². The lowest BCUT2D eigenvalue weighted by molar-refractivity contribution is 0.262. The number of fused-ring (bicyclic) bond motifs is 1. The lowest BCUT2D eigenvalue weighted by atomic mass is 10.0. The standard InChI is InChI=1S/C16H17FN2O4S/c1-2-22-16-6-4-12(10-18-16)24(20,21)19-14-7-8-23-15-5-3-11(17)9-13(14)15/h3-6,9-10,14,19H,2,7-8H2,1H3. The van der Waals surface area contributed by atoms with Gasteiger partial charge >= 0.3 is 0 Å². The third kappa shape index (κ3) is 3.49. The Morgan fingerprint density at radius 3 is 2.92 bits per heavy atom. The van der Waals surface area contributed by atoms with Gasteiger partial charge in [-0.25, -0.2) is 22.5 Å². The molecule has 1 N–H and O–H groups in total. The summed E-state index contributed by atoms with van der Waals surface area (Å²) in [6.07, 6.45) is 1.65. The number of nitrogens with zero attached hydrogens (tertiary/aromatic N) is 1. The number of ether oxygens (including phenoxy) is 2. The molecule has 2 aromatic rings. The molecule has 2 heterocycles. The maximum atomic E-state index is 13.5. The monoisotopic (exact) mass is 352 g/mol. The van der Waals surface area contributed by atoms with Crippen LogP contribution >= 0.6 is 0 Å². The van der Waals surface area contributed by atoms with Crippen LogP contribution in [0.15, 0.2) is 41.4 Å². The van der Waals surface area contributed by atoms with Gasteiger partial charge in [-0.1, -0.05) is 0 Å². The van der Waals surface area contributed by atoms with Crippen molar-refractivity contribution in [2.75, 3.05) is 13.2 Å². The summed E-state index contributed by atoms with van der Waals surface area (Å²) in [5.74, 6) is 0.404. The largest absolute Gasteiger partial charge is 0.493 e. The molecule has 6 nitrogen and oxygen atoms in total. The van der Waals surface area contributed by atoms with Crippen molar-refractivity contribution >= 4 is 10.0 Å². The molecule has 1 unspecified atom stereocenters. The second-order valence-electron chi connectivity index (χ2n) is 5.26. The van der Waals surface area contributed by atoms with Crippen LogP contribution in [0, 0.1) is 5.82 Å². The van der Waals surface area contributed by atoms with E-state index in [1.54, 1.807) is 0 Å². The molecule has 0 radical (unpaired) electrons. The highest BCUT2D eigenvalue weighted by atomic mass is 32.2. The van der Waals surface area contributed by atoms with Crippen LogP contribution < -0.4 is 14.2 Å². The number of hydrogen-bond acceptors (Lipinski definition) is 5. The van der Waals surface area contributed by atoms with Crippen LogP contribution in [0.1, 0.15) is 24.9 Å². The quantitative estimate of drug-likeness (QED) is 0.894. The van der Waals surface area contributed by atoms with Gasteiger partial charge in [-0.2, -0.15) is 0 Å². The van der Waals surface area contributed by atoms with Crippen molar-refractivity contribution in [1.82, 2.24) is 9.71 Å². The summed E-state index contributed by atoms with van der Waals surface area (Å²) in [7, 11) is -3.79. The molecule has 8 heteroatoms. The van der Waals surface area contributed by atoms with E-state index in [2.05, 4.69) is 9.71 Å². The van der Waals surface area contributed by atoms with Gasteiger partial charge in [0.05, 0.1) is 25.5 Å². The molecule has 1 aromatic carbocycles. The summed E-state index contributed by atoms with van der Waals surface area (Å²) >= 11 is 0. The number of aromatic nitrogens is 1. The number of sulfonamides is 1. The summed E-state index contributed by atoms with van der Waals surface area (Å²) < 4.78 is 51.8. The third-order valence-electron chi connectivity index (χ3n) is 3.62. The second-order valence-corrected chi connectivity index (χ2v) is 6.97. The average molecular weight is 352 g/mol. The Hall–Kier alpha value is -2.19. The lowest BCUT2D eigenvalue weighted by Crippen LogP contribution is -2.32. The Balaban J connectivity index is 1.84. The van der Waals surface area contributed by atoms with Gasteiger partial charge in [0.2, 0.25) is 15.9 Å². The fourth-order valence-electron chi connectivity index (χ4n) is 2.50. The molecule has 128 valence electrons. The van der Waals surface area contributed by atoms with Crippen LogP contribution in [0.3, 0.4) is 0 Å². The first kappa shape index (κ1) is 16.7. The minimum absolute atomic E-state index is 0.0235. The molecule has 0 saturated heterocycles. The maximum Gasteiger partial charge on any atom is 0.242 e. The second kappa shape index (κ2) is 6.74. The predicted octanol–water partition coefficient (Wildman–Crippen LogP) is 2.42. The number of hydrogen-bond donors (Lipinski definition) is 1. The average Bonchev–Trinajstić information content (AvgIpc) is 2.56. The predicted molar refractivity (Wildman–Crippen MR) is 85.0 cm³/mol. The van der Waals surface area contributed by atoms with Gasteiger partial charge in [0.15, 0.2) is 0 Å². The van der Waals surface area contributed by atoms with Gasteiger partial charge in [0, 0.05) is 18.1 Å². The first-order valence-electron chi connectivity index (χ1n) is 7.53. The van der Waals surface area contributed by atoms with Crippen LogP contribution in [0.4, 0.5) is 4.39 Å². The Bertz CT molecular complexity index is 824. The van der Waals surface area contributed by atoms with Crippen molar-refractivity contribution in [1.29, 1.82) is 0 Å². The zero-order valence-electron chi connectivity index (χ0n) is 13.0. The molecule has 1 aromatic heterocycles. The highest BCUT2D eigenvalue weighted by Crippen LogP contribution is 2.33. The van der Waals surface area contributed by atoms with E-state index in [9.17, 15) is 12.8 Å². The first-order chi connectivity index (χ1) is 11.5. The van der Waals surface area contributed by atoms with E-state index in [0.717, 1.165) is 0 Å². The zero-order chi connectivity index (χ0) is 17.2. The molecule has 0 amide bonds. The molecule has 0 spiro atoms. The fraction of sp³-hybridized carbons (Fsp3) is 0.312.